The third kappa shape index (κ3) is 5.98. The van der Waals surface area contributed by atoms with E-state index in [1.54, 1.807) is 5.57 Å². The molecular weight excluding hydrogens is 270 g/mol. The molecular formula is C17H26ClNO. The van der Waals surface area contributed by atoms with Crippen molar-refractivity contribution in [2.24, 2.45) is 0 Å². The van der Waals surface area contributed by atoms with Crippen LogP contribution in [0.15, 0.2) is 35.9 Å². The minimum absolute atomic E-state index is 0. The van der Waals surface area contributed by atoms with Crippen LogP contribution in [0, 0.1) is 0 Å². The summed E-state index contributed by atoms with van der Waals surface area (Å²) >= 11 is 0. The molecule has 0 saturated carbocycles. The highest BCUT2D eigenvalue weighted by Gasteiger charge is 2.03. The first-order valence-corrected chi connectivity index (χ1v) is 7.49. The van der Waals surface area contributed by atoms with Gasteiger partial charge in [0.05, 0.1) is 6.61 Å². The van der Waals surface area contributed by atoms with Crippen LogP contribution >= 0.6 is 12.4 Å². The van der Waals surface area contributed by atoms with Gasteiger partial charge in [-0.05, 0) is 63.3 Å². The van der Waals surface area contributed by atoms with Crippen LogP contribution in [0.25, 0.3) is 0 Å². The molecule has 0 unspecified atom stereocenters. The van der Waals surface area contributed by atoms with Gasteiger partial charge in [-0.3, -0.25) is 0 Å². The fraction of sp³-hybridized carbons (Fsp3) is 0.529. The van der Waals surface area contributed by atoms with Crippen molar-refractivity contribution >= 4 is 12.4 Å². The minimum atomic E-state index is 0. The van der Waals surface area contributed by atoms with Crippen molar-refractivity contribution in [2.75, 3.05) is 13.2 Å². The monoisotopic (exact) mass is 295 g/mol. The molecule has 1 aliphatic carbocycles. The Morgan fingerprint density at radius 2 is 2.15 bits per heavy atom. The second-order valence-corrected chi connectivity index (χ2v) is 5.12. The Morgan fingerprint density at radius 3 is 2.90 bits per heavy atom. The van der Waals surface area contributed by atoms with Gasteiger partial charge in [0, 0.05) is 6.54 Å². The number of nitrogens with one attached hydrogen (secondary N) is 1. The molecule has 2 nitrogen and oxygen atoms in total. The van der Waals surface area contributed by atoms with Gasteiger partial charge in [-0.25, -0.2) is 0 Å². The normalized spacial score (nSPS) is 14.3. The van der Waals surface area contributed by atoms with Crippen molar-refractivity contribution in [2.45, 2.75) is 45.6 Å². The lowest BCUT2D eigenvalue weighted by atomic mass is 9.97. The van der Waals surface area contributed by atoms with Crippen molar-refractivity contribution in [3.63, 3.8) is 0 Å². The van der Waals surface area contributed by atoms with E-state index in [1.807, 2.05) is 13.0 Å². The molecule has 1 aromatic rings. The smallest absolute Gasteiger partial charge is 0.119 e. The van der Waals surface area contributed by atoms with Crippen molar-refractivity contribution in [3.05, 3.63) is 41.5 Å². The van der Waals surface area contributed by atoms with Gasteiger partial charge in [0.1, 0.15) is 5.75 Å². The quantitative estimate of drug-likeness (QED) is 0.591. The van der Waals surface area contributed by atoms with Gasteiger partial charge >= 0.3 is 0 Å². The number of ether oxygens (including phenoxy) is 1. The van der Waals surface area contributed by atoms with E-state index in [0.29, 0.717) is 0 Å². The van der Waals surface area contributed by atoms with Crippen LogP contribution in [0.5, 0.6) is 5.75 Å². The number of allylic oxidation sites excluding steroid dienone is 1. The summed E-state index contributed by atoms with van der Waals surface area (Å²) in [6.45, 7) is 4.74. The molecule has 0 heterocycles. The summed E-state index contributed by atoms with van der Waals surface area (Å²) in [6, 6.07) is 8.34. The lowest BCUT2D eigenvalue weighted by Gasteiger charge is -2.13. The Morgan fingerprint density at radius 1 is 1.25 bits per heavy atom. The Hall–Kier alpha value is -0.990. The molecule has 20 heavy (non-hydrogen) atoms. The van der Waals surface area contributed by atoms with Crippen LogP contribution in [-0.4, -0.2) is 13.2 Å². The molecule has 0 bridgehead atoms. The third-order valence-corrected chi connectivity index (χ3v) is 3.55. The predicted octanol–water partition coefficient (Wildman–Crippen LogP) is 4.49. The largest absolute Gasteiger partial charge is 0.494 e. The lowest BCUT2D eigenvalue weighted by molar-refractivity contribution is 0.340. The highest BCUT2D eigenvalue weighted by molar-refractivity contribution is 5.85. The van der Waals surface area contributed by atoms with E-state index < -0.39 is 0 Å². The second-order valence-electron chi connectivity index (χ2n) is 5.12. The molecule has 0 amide bonds. The van der Waals surface area contributed by atoms with Crippen molar-refractivity contribution in [1.82, 2.24) is 5.32 Å². The Bertz CT molecular complexity index is 417. The number of hydrogen-bond acceptors (Lipinski definition) is 2. The van der Waals surface area contributed by atoms with Crippen LogP contribution in [0.3, 0.4) is 0 Å². The molecule has 2 rings (SSSR count). The lowest BCUT2D eigenvalue weighted by Crippen LogP contribution is -2.15. The van der Waals surface area contributed by atoms with E-state index in [-0.39, 0.29) is 12.4 Å². The number of rotatable bonds is 7. The van der Waals surface area contributed by atoms with Gasteiger partial charge in [-0.15, -0.1) is 12.4 Å². The maximum Gasteiger partial charge on any atom is 0.119 e. The zero-order chi connectivity index (χ0) is 13.3. The number of hydrogen-bond donors (Lipinski definition) is 1. The zero-order valence-corrected chi connectivity index (χ0v) is 13.2. The Balaban J connectivity index is 0.00000200. The Labute approximate surface area is 129 Å². The van der Waals surface area contributed by atoms with E-state index in [2.05, 4.69) is 29.6 Å². The minimum Gasteiger partial charge on any atom is -0.494 e. The highest BCUT2D eigenvalue weighted by Crippen LogP contribution is 2.19. The molecule has 1 N–H and O–H groups in total. The summed E-state index contributed by atoms with van der Waals surface area (Å²) < 4.78 is 5.51. The topological polar surface area (TPSA) is 21.3 Å². The Kier molecular flexibility index (Phi) is 8.40. The average Bonchev–Trinajstić information content (AvgIpc) is 2.46. The third-order valence-electron chi connectivity index (χ3n) is 3.55. The molecule has 0 saturated heterocycles. The van der Waals surface area contributed by atoms with Crippen LogP contribution in [0.4, 0.5) is 0 Å². The molecule has 0 spiro atoms. The van der Waals surface area contributed by atoms with Crippen molar-refractivity contribution < 1.29 is 4.74 Å². The van der Waals surface area contributed by atoms with Gasteiger partial charge in [0.15, 0.2) is 0 Å². The van der Waals surface area contributed by atoms with E-state index >= 15 is 0 Å². The fourth-order valence-electron chi connectivity index (χ4n) is 2.53. The first-order valence-electron chi connectivity index (χ1n) is 7.49. The molecule has 0 aromatic heterocycles. The van der Waals surface area contributed by atoms with Gasteiger partial charge in [-0.1, -0.05) is 23.8 Å². The van der Waals surface area contributed by atoms with E-state index in [1.165, 1.54) is 37.7 Å². The SMILES string of the molecule is CCOc1cccc(CNCCC2=CCCCC2)c1.Cl. The first kappa shape index (κ1) is 17.1. The van der Waals surface area contributed by atoms with Gasteiger partial charge < -0.3 is 10.1 Å². The van der Waals surface area contributed by atoms with E-state index in [0.717, 1.165) is 25.4 Å². The average molecular weight is 296 g/mol. The van der Waals surface area contributed by atoms with Crippen molar-refractivity contribution in [3.8, 4) is 5.75 Å². The molecule has 0 atom stereocenters. The van der Waals surface area contributed by atoms with Gasteiger partial charge in [-0.2, -0.15) is 0 Å². The molecule has 0 aliphatic heterocycles. The maximum absolute atomic E-state index is 5.51. The maximum atomic E-state index is 5.51. The summed E-state index contributed by atoms with van der Waals surface area (Å²) in [5.74, 6) is 0.969. The molecule has 112 valence electrons. The fourth-order valence-corrected chi connectivity index (χ4v) is 2.53. The summed E-state index contributed by atoms with van der Waals surface area (Å²) in [4.78, 5) is 0. The first-order chi connectivity index (χ1) is 9.38. The summed E-state index contributed by atoms with van der Waals surface area (Å²) in [6.07, 6.45) is 8.97. The zero-order valence-electron chi connectivity index (χ0n) is 12.4. The molecule has 0 radical (unpaired) electrons. The molecule has 1 aliphatic rings. The van der Waals surface area contributed by atoms with Crippen molar-refractivity contribution in [1.29, 1.82) is 0 Å². The van der Waals surface area contributed by atoms with Crippen LogP contribution in [0.1, 0.15) is 44.6 Å². The van der Waals surface area contributed by atoms with E-state index in [4.69, 9.17) is 4.74 Å². The van der Waals surface area contributed by atoms with E-state index in [9.17, 15) is 0 Å². The van der Waals surface area contributed by atoms with Crippen LogP contribution in [0.2, 0.25) is 0 Å². The summed E-state index contributed by atoms with van der Waals surface area (Å²) in [5, 5.41) is 3.52. The predicted molar refractivity (Wildman–Crippen MR) is 87.7 cm³/mol. The van der Waals surface area contributed by atoms with Gasteiger partial charge in [0.25, 0.3) is 0 Å². The summed E-state index contributed by atoms with van der Waals surface area (Å²) in [7, 11) is 0. The second kappa shape index (κ2) is 9.84. The summed E-state index contributed by atoms with van der Waals surface area (Å²) in [5.41, 5.74) is 2.94. The van der Waals surface area contributed by atoms with Crippen LogP contribution < -0.4 is 10.1 Å². The number of benzene rings is 1. The molecule has 3 heteroatoms. The van der Waals surface area contributed by atoms with Crippen LogP contribution in [-0.2, 0) is 6.54 Å². The number of halogens is 1. The standard InChI is InChI=1S/C17H25NO.ClH/c1-2-19-17-10-6-9-16(13-17)14-18-12-11-15-7-4-3-5-8-15;/h6-7,9-10,13,18H,2-5,8,11-12,14H2,1H3;1H. The molecule has 1 aromatic carbocycles. The highest BCUT2D eigenvalue weighted by atomic mass is 35.5. The van der Waals surface area contributed by atoms with Gasteiger partial charge in [0.2, 0.25) is 0 Å². The molecule has 0 fully saturated rings.